The van der Waals surface area contributed by atoms with Crippen LogP contribution in [0.5, 0.6) is 5.75 Å². The standard InChI is InChI=1S/C20H19F2N3O2S/c1-27-17-8-6-11(21)9-13(17)19(26)23-14-3-2-4-15(14)24-20-25-16-7-5-12(22)10-18(16)28-20/h5-10,14-15H,2-4H2,1H3,(H,23,26)(H,24,25). The van der Waals surface area contributed by atoms with Gasteiger partial charge in [-0.1, -0.05) is 11.3 Å². The van der Waals surface area contributed by atoms with Crippen LogP contribution in [-0.2, 0) is 0 Å². The molecule has 0 spiro atoms. The maximum absolute atomic E-state index is 13.6. The molecular weight excluding hydrogens is 384 g/mol. The topological polar surface area (TPSA) is 63.2 Å². The summed E-state index contributed by atoms with van der Waals surface area (Å²) in [5.74, 6) is -0.831. The van der Waals surface area contributed by atoms with Crippen LogP contribution in [0, 0.1) is 11.6 Å². The van der Waals surface area contributed by atoms with E-state index in [-0.39, 0.29) is 29.4 Å². The largest absolute Gasteiger partial charge is 0.496 e. The fourth-order valence-electron chi connectivity index (χ4n) is 3.53. The fraction of sp³-hybridized carbons (Fsp3) is 0.300. The van der Waals surface area contributed by atoms with Gasteiger partial charge in [0.25, 0.3) is 5.91 Å². The van der Waals surface area contributed by atoms with Crippen molar-refractivity contribution in [2.75, 3.05) is 12.4 Å². The summed E-state index contributed by atoms with van der Waals surface area (Å²) >= 11 is 1.38. The average molecular weight is 403 g/mol. The minimum atomic E-state index is -0.492. The van der Waals surface area contributed by atoms with Crippen LogP contribution in [0.3, 0.4) is 0 Å². The molecule has 1 aliphatic rings. The van der Waals surface area contributed by atoms with E-state index in [4.69, 9.17) is 4.74 Å². The zero-order valence-corrected chi connectivity index (χ0v) is 16.0. The van der Waals surface area contributed by atoms with Crippen LogP contribution in [0.1, 0.15) is 29.6 Å². The number of nitrogens with one attached hydrogen (secondary N) is 2. The molecule has 1 aliphatic carbocycles. The van der Waals surface area contributed by atoms with Crippen LogP contribution < -0.4 is 15.4 Å². The van der Waals surface area contributed by atoms with Crippen LogP contribution in [0.4, 0.5) is 13.9 Å². The van der Waals surface area contributed by atoms with Gasteiger partial charge in [0.2, 0.25) is 0 Å². The number of nitrogens with zero attached hydrogens (tertiary/aromatic N) is 1. The number of thiazole rings is 1. The lowest BCUT2D eigenvalue weighted by molar-refractivity contribution is 0.0932. The summed E-state index contributed by atoms with van der Waals surface area (Å²) in [6, 6.07) is 8.24. The van der Waals surface area contributed by atoms with Gasteiger partial charge in [-0.15, -0.1) is 0 Å². The van der Waals surface area contributed by atoms with Crippen LogP contribution in [0.15, 0.2) is 36.4 Å². The molecule has 0 radical (unpaired) electrons. The number of hydrogen-bond donors (Lipinski definition) is 2. The van der Waals surface area contributed by atoms with Crippen LogP contribution in [0.25, 0.3) is 10.2 Å². The van der Waals surface area contributed by atoms with Crippen molar-refractivity contribution in [3.63, 3.8) is 0 Å². The number of carbonyl (C=O) groups is 1. The molecule has 1 saturated carbocycles. The van der Waals surface area contributed by atoms with Crippen molar-refractivity contribution in [2.45, 2.75) is 31.3 Å². The molecule has 5 nitrogen and oxygen atoms in total. The third-order valence-electron chi connectivity index (χ3n) is 4.90. The second-order valence-corrected chi connectivity index (χ2v) is 7.77. The predicted octanol–water partition coefficient (Wildman–Crippen LogP) is 4.35. The van der Waals surface area contributed by atoms with Crippen LogP contribution in [0.2, 0.25) is 0 Å². The molecule has 1 amide bonds. The second kappa shape index (κ2) is 7.71. The lowest BCUT2D eigenvalue weighted by Crippen LogP contribution is -2.43. The summed E-state index contributed by atoms with van der Waals surface area (Å²) < 4.78 is 32.9. The number of ether oxygens (including phenoxy) is 1. The summed E-state index contributed by atoms with van der Waals surface area (Å²) in [7, 11) is 1.44. The maximum atomic E-state index is 13.6. The molecule has 3 aromatic rings. The fourth-order valence-corrected chi connectivity index (χ4v) is 4.48. The summed E-state index contributed by atoms with van der Waals surface area (Å²) in [5, 5.41) is 7.03. The van der Waals surface area contributed by atoms with Gasteiger partial charge < -0.3 is 15.4 Å². The van der Waals surface area contributed by atoms with Gasteiger partial charge >= 0.3 is 0 Å². The smallest absolute Gasteiger partial charge is 0.255 e. The predicted molar refractivity (Wildman–Crippen MR) is 105 cm³/mol. The van der Waals surface area contributed by atoms with E-state index in [0.29, 0.717) is 10.9 Å². The lowest BCUT2D eigenvalue weighted by Gasteiger charge is -2.22. The number of fused-ring (bicyclic) bond motifs is 1. The second-order valence-electron chi connectivity index (χ2n) is 6.74. The minimum Gasteiger partial charge on any atom is -0.496 e. The molecule has 28 heavy (non-hydrogen) atoms. The molecule has 8 heteroatoms. The van der Waals surface area contributed by atoms with Crippen molar-refractivity contribution < 1.29 is 18.3 Å². The van der Waals surface area contributed by atoms with E-state index in [1.54, 1.807) is 6.07 Å². The maximum Gasteiger partial charge on any atom is 0.255 e. The summed E-state index contributed by atoms with van der Waals surface area (Å²) in [5.41, 5.74) is 0.903. The van der Waals surface area contributed by atoms with Gasteiger partial charge in [0.1, 0.15) is 17.4 Å². The third kappa shape index (κ3) is 3.77. The van der Waals surface area contributed by atoms with Crippen molar-refractivity contribution in [3.05, 3.63) is 53.6 Å². The van der Waals surface area contributed by atoms with Gasteiger partial charge in [0.15, 0.2) is 5.13 Å². The van der Waals surface area contributed by atoms with Crippen molar-refractivity contribution >= 4 is 32.6 Å². The number of anilines is 1. The molecule has 4 rings (SSSR count). The number of carbonyl (C=O) groups excluding carboxylic acids is 1. The van der Waals surface area contributed by atoms with E-state index < -0.39 is 5.82 Å². The first-order valence-corrected chi connectivity index (χ1v) is 9.82. The normalized spacial score (nSPS) is 19.0. The molecule has 1 fully saturated rings. The van der Waals surface area contributed by atoms with Crippen LogP contribution in [-0.4, -0.2) is 30.1 Å². The Kier molecular flexibility index (Phi) is 5.13. The molecule has 2 aromatic carbocycles. The van der Waals surface area contributed by atoms with E-state index in [1.807, 2.05) is 0 Å². The number of amides is 1. The quantitative estimate of drug-likeness (QED) is 0.665. The summed E-state index contributed by atoms with van der Waals surface area (Å²) in [4.78, 5) is 17.2. The van der Waals surface area contributed by atoms with E-state index in [9.17, 15) is 13.6 Å². The number of hydrogen-bond acceptors (Lipinski definition) is 5. The Morgan fingerprint density at radius 1 is 1.14 bits per heavy atom. The Labute approximate surface area is 164 Å². The molecule has 1 aromatic heterocycles. The highest BCUT2D eigenvalue weighted by atomic mass is 32.1. The first-order valence-electron chi connectivity index (χ1n) is 9.00. The van der Waals surface area contributed by atoms with Gasteiger partial charge in [-0.05, 0) is 55.7 Å². The van der Waals surface area contributed by atoms with Gasteiger partial charge in [-0.3, -0.25) is 4.79 Å². The van der Waals surface area contributed by atoms with E-state index >= 15 is 0 Å². The summed E-state index contributed by atoms with van der Waals surface area (Å²) in [6.07, 6.45) is 2.62. The van der Waals surface area contributed by atoms with Gasteiger partial charge in [0, 0.05) is 12.1 Å². The number of halogens is 2. The van der Waals surface area contributed by atoms with E-state index in [2.05, 4.69) is 15.6 Å². The Balaban J connectivity index is 1.48. The van der Waals surface area contributed by atoms with E-state index in [1.165, 1.54) is 48.8 Å². The third-order valence-corrected chi connectivity index (χ3v) is 5.85. The Morgan fingerprint density at radius 3 is 2.71 bits per heavy atom. The molecule has 0 bridgehead atoms. The summed E-state index contributed by atoms with van der Waals surface area (Å²) in [6.45, 7) is 0. The average Bonchev–Trinajstić information content (AvgIpc) is 3.27. The molecule has 146 valence electrons. The van der Waals surface area contributed by atoms with Crippen molar-refractivity contribution in [1.82, 2.24) is 10.3 Å². The molecule has 1 heterocycles. The first-order chi connectivity index (χ1) is 13.5. The molecule has 2 N–H and O–H groups in total. The number of benzene rings is 2. The zero-order valence-electron chi connectivity index (χ0n) is 15.2. The Morgan fingerprint density at radius 2 is 1.89 bits per heavy atom. The number of aromatic nitrogens is 1. The van der Waals surface area contributed by atoms with Gasteiger partial charge in [0.05, 0.1) is 22.9 Å². The first kappa shape index (κ1) is 18.6. The molecule has 2 atom stereocenters. The van der Waals surface area contributed by atoms with Crippen molar-refractivity contribution in [3.8, 4) is 5.75 Å². The lowest BCUT2D eigenvalue weighted by atomic mass is 10.1. The SMILES string of the molecule is COc1ccc(F)cc1C(=O)NC1CCCC1Nc1nc2ccc(F)cc2s1. The van der Waals surface area contributed by atoms with Crippen molar-refractivity contribution in [2.24, 2.45) is 0 Å². The van der Waals surface area contributed by atoms with Gasteiger partial charge in [-0.2, -0.15) is 0 Å². The number of rotatable bonds is 5. The highest BCUT2D eigenvalue weighted by Crippen LogP contribution is 2.30. The van der Waals surface area contributed by atoms with E-state index in [0.717, 1.165) is 29.5 Å². The Hall–Kier alpha value is -2.74. The number of methoxy groups -OCH3 is 1. The molecular formula is C20H19F2N3O2S. The highest BCUT2D eigenvalue weighted by molar-refractivity contribution is 7.22. The monoisotopic (exact) mass is 403 g/mol. The van der Waals surface area contributed by atoms with Crippen molar-refractivity contribution in [1.29, 1.82) is 0 Å². The molecule has 0 aliphatic heterocycles. The Bertz CT molecular complexity index is 1020. The highest BCUT2D eigenvalue weighted by Gasteiger charge is 2.30. The van der Waals surface area contributed by atoms with Crippen LogP contribution >= 0.6 is 11.3 Å². The molecule has 2 unspecified atom stereocenters. The van der Waals surface area contributed by atoms with Gasteiger partial charge in [-0.25, -0.2) is 13.8 Å². The minimum absolute atomic E-state index is 0.00564. The zero-order chi connectivity index (χ0) is 19.7. The molecule has 0 saturated heterocycles.